The maximum absolute atomic E-state index is 10.7. The van der Waals surface area contributed by atoms with E-state index in [2.05, 4.69) is 42.1 Å². The number of hydrogen-bond acceptors (Lipinski definition) is 3. The van der Waals surface area contributed by atoms with Crippen molar-refractivity contribution < 1.29 is 5.11 Å². The van der Waals surface area contributed by atoms with E-state index >= 15 is 0 Å². The molecule has 0 spiro atoms. The first-order chi connectivity index (χ1) is 10.1. The fourth-order valence-electron chi connectivity index (χ4n) is 4.08. The van der Waals surface area contributed by atoms with Crippen molar-refractivity contribution in [1.29, 1.82) is 0 Å². The Morgan fingerprint density at radius 3 is 2.57 bits per heavy atom. The van der Waals surface area contributed by atoms with Crippen LogP contribution in [0.25, 0.3) is 0 Å². The average Bonchev–Trinajstić information content (AvgIpc) is 2.48. The normalized spacial score (nSPS) is 27.8. The van der Waals surface area contributed by atoms with E-state index in [1.54, 1.807) is 0 Å². The summed E-state index contributed by atoms with van der Waals surface area (Å²) >= 11 is 0. The number of aliphatic hydroxyl groups is 1. The Hall–Kier alpha value is -0.900. The Balaban J connectivity index is 1.62. The van der Waals surface area contributed by atoms with E-state index in [0.29, 0.717) is 6.04 Å². The minimum absolute atomic E-state index is 0.305. The SMILES string of the molecule is CN(C)CC1CCN(C2CCc3ccccc3C2O)CC1. The number of fused-ring (bicyclic) bond motifs is 1. The summed E-state index contributed by atoms with van der Waals surface area (Å²) in [5, 5.41) is 10.7. The van der Waals surface area contributed by atoms with Crippen LogP contribution in [0.2, 0.25) is 0 Å². The average molecular weight is 288 g/mol. The molecule has 1 aromatic rings. The van der Waals surface area contributed by atoms with Crippen molar-refractivity contribution >= 4 is 0 Å². The lowest BCUT2D eigenvalue weighted by Gasteiger charge is -2.42. The van der Waals surface area contributed by atoms with Crippen molar-refractivity contribution in [2.45, 2.75) is 37.8 Å². The van der Waals surface area contributed by atoms with Crippen LogP contribution >= 0.6 is 0 Å². The zero-order valence-corrected chi connectivity index (χ0v) is 13.3. The van der Waals surface area contributed by atoms with Crippen LogP contribution < -0.4 is 0 Å². The summed E-state index contributed by atoms with van der Waals surface area (Å²) in [6, 6.07) is 8.72. The Bertz CT molecular complexity index is 466. The van der Waals surface area contributed by atoms with Gasteiger partial charge in [-0.15, -0.1) is 0 Å². The fraction of sp³-hybridized carbons (Fsp3) is 0.667. The summed E-state index contributed by atoms with van der Waals surface area (Å²) in [7, 11) is 4.32. The molecule has 1 aromatic carbocycles. The highest BCUT2D eigenvalue weighted by atomic mass is 16.3. The predicted octanol–water partition coefficient (Wildman–Crippen LogP) is 2.31. The van der Waals surface area contributed by atoms with Gasteiger partial charge in [-0.05, 0) is 69.9 Å². The zero-order valence-electron chi connectivity index (χ0n) is 13.3. The molecule has 0 radical (unpaired) electrons. The molecule has 2 atom stereocenters. The van der Waals surface area contributed by atoms with Gasteiger partial charge in [-0.1, -0.05) is 24.3 Å². The molecule has 1 fully saturated rings. The molecule has 2 unspecified atom stereocenters. The molecule has 3 heteroatoms. The standard InChI is InChI=1S/C18H28N2O/c1-19(2)13-14-9-11-20(12-10-14)17-8-7-15-5-3-4-6-16(15)18(17)21/h3-6,14,17-18,21H,7-13H2,1-2H3. The first kappa shape index (κ1) is 15.0. The third-order valence-electron chi connectivity index (χ3n) is 5.19. The Kier molecular flexibility index (Phi) is 4.63. The molecule has 21 heavy (non-hydrogen) atoms. The highest BCUT2D eigenvalue weighted by Gasteiger charge is 2.34. The van der Waals surface area contributed by atoms with Crippen molar-refractivity contribution in [2.75, 3.05) is 33.7 Å². The topological polar surface area (TPSA) is 26.7 Å². The highest BCUT2D eigenvalue weighted by molar-refractivity contribution is 5.32. The lowest BCUT2D eigenvalue weighted by molar-refractivity contribution is 0.0154. The van der Waals surface area contributed by atoms with Crippen molar-refractivity contribution in [2.24, 2.45) is 5.92 Å². The van der Waals surface area contributed by atoms with Crippen LogP contribution in [-0.2, 0) is 6.42 Å². The van der Waals surface area contributed by atoms with Gasteiger partial charge in [0, 0.05) is 12.6 Å². The maximum atomic E-state index is 10.7. The zero-order chi connectivity index (χ0) is 14.8. The molecule has 1 N–H and O–H groups in total. The first-order valence-electron chi connectivity index (χ1n) is 8.30. The lowest BCUT2D eigenvalue weighted by Crippen LogP contribution is -2.47. The van der Waals surface area contributed by atoms with Crippen LogP contribution in [0, 0.1) is 5.92 Å². The third-order valence-corrected chi connectivity index (χ3v) is 5.19. The van der Waals surface area contributed by atoms with Gasteiger partial charge in [0.05, 0.1) is 6.10 Å². The molecule has 0 amide bonds. The molecule has 1 aliphatic carbocycles. The quantitative estimate of drug-likeness (QED) is 0.924. The van der Waals surface area contributed by atoms with Gasteiger partial charge in [0.2, 0.25) is 0 Å². The van der Waals surface area contributed by atoms with Crippen LogP contribution in [0.15, 0.2) is 24.3 Å². The number of likely N-dealkylation sites (tertiary alicyclic amines) is 1. The Morgan fingerprint density at radius 2 is 1.86 bits per heavy atom. The van der Waals surface area contributed by atoms with E-state index in [9.17, 15) is 5.11 Å². The molecule has 0 bridgehead atoms. The maximum Gasteiger partial charge on any atom is 0.0947 e. The largest absolute Gasteiger partial charge is 0.387 e. The van der Waals surface area contributed by atoms with Gasteiger partial charge in [-0.25, -0.2) is 0 Å². The van der Waals surface area contributed by atoms with Crippen LogP contribution in [0.3, 0.4) is 0 Å². The molecular weight excluding hydrogens is 260 g/mol. The summed E-state index contributed by atoms with van der Waals surface area (Å²) in [5.74, 6) is 0.823. The predicted molar refractivity (Wildman–Crippen MR) is 86.4 cm³/mol. The molecule has 1 saturated heterocycles. The van der Waals surface area contributed by atoms with Crippen LogP contribution in [-0.4, -0.2) is 54.7 Å². The second kappa shape index (κ2) is 6.47. The minimum Gasteiger partial charge on any atom is -0.387 e. The van der Waals surface area contributed by atoms with Gasteiger partial charge in [-0.3, -0.25) is 4.90 Å². The van der Waals surface area contributed by atoms with Gasteiger partial charge >= 0.3 is 0 Å². The van der Waals surface area contributed by atoms with E-state index in [0.717, 1.165) is 37.4 Å². The molecule has 1 aliphatic heterocycles. The molecular formula is C18H28N2O. The number of piperidine rings is 1. The summed E-state index contributed by atoms with van der Waals surface area (Å²) in [4.78, 5) is 4.83. The molecule has 116 valence electrons. The Morgan fingerprint density at radius 1 is 1.14 bits per heavy atom. The van der Waals surface area contributed by atoms with Gasteiger partial charge in [0.1, 0.15) is 0 Å². The number of benzene rings is 1. The minimum atomic E-state index is -0.305. The summed E-state index contributed by atoms with van der Waals surface area (Å²) in [5.41, 5.74) is 2.49. The van der Waals surface area contributed by atoms with Gasteiger partial charge < -0.3 is 10.0 Å². The molecule has 1 heterocycles. The monoisotopic (exact) mass is 288 g/mol. The smallest absolute Gasteiger partial charge is 0.0947 e. The van der Waals surface area contributed by atoms with Crippen molar-refractivity contribution in [3.63, 3.8) is 0 Å². The number of rotatable bonds is 3. The van der Waals surface area contributed by atoms with Crippen molar-refractivity contribution in [3.05, 3.63) is 35.4 Å². The van der Waals surface area contributed by atoms with E-state index in [1.807, 2.05) is 6.07 Å². The number of hydrogen-bond donors (Lipinski definition) is 1. The van der Waals surface area contributed by atoms with E-state index in [4.69, 9.17) is 0 Å². The number of aryl methyl sites for hydroxylation is 1. The van der Waals surface area contributed by atoms with E-state index < -0.39 is 0 Å². The van der Waals surface area contributed by atoms with Crippen LogP contribution in [0.1, 0.15) is 36.5 Å². The fourth-order valence-corrected chi connectivity index (χ4v) is 4.08. The summed E-state index contributed by atoms with van der Waals surface area (Å²) in [6.45, 7) is 3.48. The third kappa shape index (κ3) is 3.31. The summed E-state index contributed by atoms with van der Waals surface area (Å²) < 4.78 is 0. The second-order valence-electron chi connectivity index (χ2n) is 6.99. The molecule has 2 aliphatic rings. The van der Waals surface area contributed by atoms with E-state index in [1.165, 1.54) is 24.9 Å². The van der Waals surface area contributed by atoms with Crippen molar-refractivity contribution in [1.82, 2.24) is 9.80 Å². The van der Waals surface area contributed by atoms with E-state index in [-0.39, 0.29) is 6.10 Å². The second-order valence-corrected chi connectivity index (χ2v) is 6.99. The summed E-state index contributed by atoms with van der Waals surface area (Å²) in [6.07, 6.45) is 4.43. The van der Waals surface area contributed by atoms with Crippen LogP contribution in [0.4, 0.5) is 0 Å². The molecule has 0 saturated carbocycles. The first-order valence-corrected chi connectivity index (χ1v) is 8.30. The highest BCUT2D eigenvalue weighted by Crippen LogP contribution is 2.34. The van der Waals surface area contributed by atoms with Crippen LogP contribution in [0.5, 0.6) is 0 Å². The number of nitrogens with zero attached hydrogens (tertiary/aromatic N) is 2. The van der Waals surface area contributed by atoms with Gasteiger partial charge in [-0.2, -0.15) is 0 Å². The molecule has 0 aromatic heterocycles. The van der Waals surface area contributed by atoms with Gasteiger partial charge in [0.15, 0.2) is 0 Å². The molecule has 3 rings (SSSR count). The van der Waals surface area contributed by atoms with Crippen molar-refractivity contribution in [3.8, 4) is 0 Å². The lowest BCUT2D eigenvalue weighted by atomic mass is 9.83. The molecule has 3 nitrogen and oxygen atoms in total. The van der Waals surface area contributed by atoms with Gasteiger partial charge in [0.25, 0.3) is 0 Å². The number of aliphatic hydroxyl groups excluding tert-OH is 1. The Labute approximate surface area is 128 Å².